The van der Waals surface area contributed by atoms with Crippen molar-refractivity contribution in [3.8, 4) is 11.5 Å². The first kappa shape index (κ1) is 25.7. The number of para-hydroxylation sites is 1. The summed E-state index contributed by atoms with van der Waals surface area (Å²) in [4.78, 5) is 40.7. The Balaban J connectivity index is 1.26. The molecule has 0 bridgehead atoms. The van der Waals surface area contributed by atoms with Crippen LogP contribution in [0.2, 0.25) is 0 Å². The summed E-state index contributed by atoms with van der Waals surface area (Å²) in [7, 11) is 0. The molecule has 7 nitrogen and oxygen atoms in total. The topological polar surface area (TPSA) is 84.9 Å². The summed E-state index contributed by atoms with van der Waals surface area (Å²) in [6.45, 7) is 0.456. The van der Waals surface area contributed by atoms with Gasteiger partial charge in [-0.05, 0) is 60.0 Å². The summed E-state index contributed by atoms with van der Waals surface area (Å²) in [5, 5.41) is 2.90. The molecule has 0 radical (unpaired) electrons. The lowest BCUT2D eigenvalue weighted by atomic mass is 10.1. The van der Waals surface area contributed by atoms with E-state index in [1.54, 1.807) is 36.4 Å². The zero-order valence-corrected chi connectivity index (χ0v) is 21.3. The lowest BCUT2D eigenvalue weighted by molar-refractivity contribution is -0.145. The summed E-state index contributed by atoms with van der Waals surface area (Å²) in [5.41, 5.74) is 2.87. The summed E-state index contributed by atoms with van der Waals surface area (Å²) < 4.78 is 11.2. The number of nitrogens with one attached hydrogen (secondary N) is 1. The standard InChI is InChI=1S/C32H28N2O5/c35-30(38-22-23-9-3-1-4-10-23)20-19-29(34-21-24-11-7-8-14-28(24)32(34)37)31(36)33-25-15-17-27(18-16-25)39-26-12-5-2-6-13-26/h1-18,29H,19-22H2,(H,33,36). The number of rotatable bonds is 10. The predicted octanol–water partition coefficient (Wildman–Crippen LogP) is 5.97. The van der Waals surface area contributed by atoms with E-state index in [9.17, 15) is 14.4 Å². The number of ether oxygens (including phenoxy) is 2. The molecule has 0 aliphatic carbocycles. The van der Waals surface area contributed by atoms with Crippen LogP contribution in [0.4, 0.5) is 5.69 Å². The molecule has 0 spiro atoms. The zero-order valence-electron chi connectivity index (χ0n) is 21.3. The number of benzene rings is 4. The molecule has 0 saturated carbocycles. The van der Waals surface area contributed by atoms with Gasteiger partial charge in [-0.25, -0.2) is 0 Å². The molecule has 2 amide bonds. The summed E-state index contributed by atoms with van der Waals surface area (Å²) in [5.74, 6) is 0.310. The minimum Gasteiger partial charge on any atom is -0.461 e. The molecule has 1 aliphatic heterocycles. The number of esters is 1. The van der Waals surface area contributed by atoms with Gasteiger partial charge in [0.1, 0.15) is 24.1 Å². The Labute approximate surface area is 227 Å². The molecule has 0 saturated heterocycles. The summed E-state index contributed by atoms with van der Waals surface area (Å²) in [6.07, 6.45) is 0.128. The maximum Gasteiger partial charge on any atom is 0.306 e. The Morgan fingerprint density at radius 1 is 0.795 bits per heavy atom. The molecule has 1 heterocycles. The minimum atomic E-state index is -0.852. The van der Waals surface area contributed by atoms with Gasteiger partial charge in [0.15, 0.2) is 0 Å². The number of hydrogen-bond donors (Lipinski definition) is 1. The highest BCUT2D eigenvalue weighted by Crippen LogP contribution is 2.28. The van der Waals surface area contributed by atoms with Gasteiger partial charge in [0.2, 0.25) is 5.91 Å². The van der Waals surface area contributed by atoms with E-state index in [1.165, 1.54) is 4.90 Å². The van der Waals surface area contributed by atoms with E-state index < -0.39 is 12.0 Å². The number of nitrogens with zero attached hydrogens (tertiary/aromatic N) is 1. The number of fused-ring (bicyclic) bond motifs is 1. The molecule has 4 aromatic carbocycles. The minimum absolute atomic E-state index is 0.00506. The van der Waals surface area contributed by atoms with E-state index in [0.29, 0.717) is 29.3 Å². The molecule has 1 atom stereocenters. The Hall–Kier alpha value is -4.91. The van der Waals surface area contributed by atoms with Crippen LogP contribution >= 0.6 is 0 Å². The highest BCUT2D eigenvalue weighted by Gasteiger charge is 2.36. The van der Waals surface area contributed by atoms with Gasteiger partial charge in [0.05, 0.1) is 0 Å². The van der Waals surface area contributed by atoms with Crippen LogP contribution in [-0.2, 0) is 27.5 Å². The highest BCUT2D eigenvalue weighted by molar-refractivity contribution is 6.03. The third-order valence-corrected chi connectivity index (χ3v) is 6.49. The second kappa shape index (κ2) is 12.1. The first-order valence-corrected chi connectivity index (χ1v) is 12.8. The van der Waals surface area contributed by atoms with Gasteiger partial charge in [-0.2, -0.15) is 0 Å². The molecule has 4 aromatic rings. The molecule has 0 aromatic heterocycles. The van der Waals surface area contributed by atoms with E-state index >= 15 is 0 Å². The van der Waals surface area contributed by atoms with Crippen molar-refractivity contribution in [1.82, 2.24) is 4.90 Å². The van der Waals surface area contributed by atoms with Gasteiger partial charge < -0.3 is 19.7 Å². The van der Waals surface area contributed by atoms with Crippen molar-refractivity contribution in [2.45, 2.75) is 32.0 Å². The van der Waals surface area contributed by atoms with Crippen molar-refractivity contribution < 1.29 is 23.9 Å². The molecule has 0 fully saturated rings. The van der Waals surface area contributed by atoms with Crippen molar-refractivity contribution >= 4 is 23.5 Å². The van der Waals surface area contributed by atoms with Gasteiger partial charge in [-0.15, -0.1) is 0 Å². The number of carbonyl (C=O) groups is 3. The van der Waals surface area contributed by atoms with Crippen LogP contribution in [-0.4, -0.2) is 28.7 Å². The maximum atomic E-state index is 13.5. The van der Waals surface area contributed by atoms with Crippen LogP contribution in [0.1, 0.15) is 34.3 Å². The Kier molecular flexibility index (Phi) is 7.98. The third-order valence-electron chi connectivity index (χ3n) is 6.49. The van der Waals surface area contributed by atoms with E-state index in [4.69, 9.17) is 9.47 Å². The molecule has 5 rings (SSSR count). The quantitative estimate of drug-likeness (QED) is 0.261. The van der Waals surface area contributed by atoms with Gasteiger partial charge in [-0.1, -0.05) is 66.7 Å². The number of anilines is 1. The Bertz CT molecular complexity index is 1440. The second-order valence-corrected chi connectivity index (χ2v) is 9.22. The molecule has 7 heteroatoms. The average molecular weight is 521 g/mol. The lowest BCUT2D eigenvalue weighted by Crippen LogP contribution is -2.44. The van der Waals surface area contributed by atoms with Crippen LogP contribution in [0.25, 0.3) is 0 Å². The summed E-state index contributed by atoms with van der Waals surface area (Å²) >= 11 is 0. The van der Waals surface area contributed by atoms with Crippen molar-refractivity contribution in [3.05, 3.63) is 126 Å². The highest BCUT2D eigenvalue weighted by atomic mass is 16.5. The first-order valence-electron chi connectivity index (χ1n) is 12.8. The molecule has 196 valence electrons. The third kappa shape index (κ3) is 6.51. The van der Waals surface area contributed by atoms with Crippen LogP contribution in [0.3, 0.4) is 0 Å². The monoisotopic (exact) mass is 520 g/mol. The van der Waals surface area contributed by atoms with E-state index in [-0.39, 0.29) is 31.3 Å². The van der Waals surface area contributed by atoms with E-state index in [1.807, 2.05) is 72.8 Å². The van der Waals surface area contributed by atoms with Gasteiger partial charge in [-0.3, -0.25) is 14.4 Å². The average Bonchev–Trinajstić information content (AvgIpc) is 3.30. The Morgan fingerprint density at radius 3 is 2.15 bits per heavy atom. The van der Waals surface area contributed by atoms with Gasteiger partial charge >= 0.3 is 5.97 Å². The SMILES string of the molecule is O=C(CCC(C(=O)Nc1ccc(Oc2ccccc2)cc1)N1Cc2ccccc2C1=O)OCc1ccccc1. The predicted molar refractivity (Wildman–Crippen MR) is 147 cm³/mol. The van der Waals surface area contributed by atoms with E-state index in [2.05, 4.69) is 5.32 Å². The number of amides is 2. The van der Waals surface area contributed by atoms with Crippen LogP contribution in [0, 0.1) is 0 Å². The van der Waals surface area contributed by atoms with E-state index in [0.717, 1.165) is 11.1 Å². The smallest absolute Gasteiger partial charge is 0.306 e. The molecule has 1 N–H and O–H groups in total. The van der Waals surface area contributed by atoms with Crippen molar-refractivity contribution in [3.63, 3.8) is 0 Å². The fourth-order valence-corrected chi connectivity index (χ4v) is 4.48. The van der Waals surface area contributed by atoms with Crippen molar-refractivity contribution in [1.29, 1.82) is 0 Å². The number of hydrogen-bond acceptors (Lipinski definition) is 5. The van der Waals surface area contributed by atoms with Crippen LogP contribution in [0.5, 0.6) is 11.5 Å². The molecular formula is C32H28N2O5. The van der Waals surface area contributed by atoms with Crippen LogP contribution in [0.15, 0.2) is 109 Å². The zero-order chi connectivity index (χ0) is 27.0. The molecular weight excluding hydrogens is 492 g/mol. The van der Waals surface area contributed by atoms with Gasteiger partial charge in [0, 0.05) is 24.2 Å². The summed E-state index contributed by atoms with van der Waals surface area (Å²) in [6, 6.07) is 32.2. The lowest BCUT2D eigenvalue weighted by Gasteiger charge is -2.27. The fraction of sp³-hybridized carbons (Fsp3) is 0.156. The number of carbonyl (C=O) groups excluding carboxylic acids is 3. The largest absolute Gasteiger partial charge is 0.461 e. The normalized spacial score (nSPS) is 12.9. The second-order valence-electron chi connectivity index (χ2n) is 9.22. The molecule has 1 aliphatic rings. The van der Waals surface area contributed by atoms with Gasteiger partial charge in [0.25, 0.3) is 5.91 Å². The fourth-order valence-electron chi connectivity index (χ4n) is 4.48. The van der Waals surface area contributed by atoms with Crippen molar-refractivity contribution in [2.75, 3.05) is 5.32 Å². The first-order chi connectivity index (χ1) is 19.1. The molecule has 39 heavy (non-hydrogen) atoms. The maximum absolute atomic E-state index is 13.5. The van der Waals surface area contributed by atoms with Crippen LogP contribution < -0.4 is 10.1 Å². The van der Waals surface area contributed by atoms with Crippen molar-refractivity contribution in [2.24, 2.45) is 0 Å². The molecule has 1 unspecified atom stereocenters. The Morgan fingerprint density at radius 2 is 1.44 bits per heavy atom.